The van der Waals surface area contributed by atoms with Crippen molar-refractivity contribution in [3.63, 3.8) is 0 Å². The van der Waals surface area contributed by atoms with Crippen LogP contribution in [0, 0.1) is 6.92 Å². The van der Waals surface area contributed by atoms with Crippen LogP contribution >= 0.6 is 11.6 Å². The molecule has 0 aliphatic carbocycles. The molecule has 0 saturated heterocycles. The second kappa shape index (κ2) is 8.31. The van der Waals surface area contributed by atoms with Crippen molar-refractivity contribution in [1.29, 1.82) is 0 Å². The van der Waals surface area contributed by atoms with Crippen LogP contribution in [-0.2, 0) is 16.0 Å². The van der Waals surface area contributed by atoms with Crippen LogP contribution in [0.3, 0.4) is 0 Å². The van der Waals surface area contributed by atoms with Gasteiger partial charge in [0.25, 0.3) is 0 Å². The third-order valence-electron chi connectivity index (χ3n) is 3.48. The van der Waals surface area contributed by atoms with Crippen molar-refractivity contribution in [2.45, 2.75) is 19.4 Å². The Morgan fingerprint density at radius 1 is 1.12 bits per heavy atom. The first-order chi connectivity index (χ1) is 11.5. The summed E-state index contributed by atoms with van der Waals surface area (Å²) in [6, 6.07) is 15.5. The van der Waals surface area contributed by atoms with Gasteiger partial charge >= 0.3 is 5.97 Å². The summed E-state index contributed by atoms with van der Waals surface area (Å²) in [7, 11) is 0. The number of halogens is 1. The van der Waals surface area contributed by atoms with E-state index in [2.05, 4.69) is 5.32 Å². The van der Waals surface area contributed by atoms with E-state index in [1.54, 1.807) is 12.1 Å². The molecule has 0 heterocycles. The van der Waals surface area contributed by atoms with Crippen molar-refractivity contribution in [1.82, 2.24) is 5.32 Å². The van der Waals surface area contributed by atoms with Gasteiger partial charge in [0.15, 0.2) is 0 Å². The highest BCUT2D eigenvalue weighted by atomic mass is 35.5. The lowest BCUT2D eigenvalue weighted by molar-refractivity contribution is -0.141. The molecule has 1 atom stereocenters. The summed E-state index contributed by atoms with van der Waals surface area (Å²) in [5.74, 6) is -1.63. The third kappa shape index (κ3) is 5.25. The van der Waals surface area contributed by atoms with Crippen LogP contribution in [0.4, 0.5) is 0 Å². The zero-order valence-corrected chi connectivity index (χ0v) is 14.0. The highest BCUT2D eigenvalue weighted by Crippen LogP contribution is 2.19. The van der Waals surface area contributed by atoms with Gasteiger partial charge in [-0.2, -0.15) is 0 Å². The van der Waals surface area contributed by atoms with Gasteiger partial charge in [-0.1, -0.05) is 71.8 Å². The smallest absolute Gasteiger partial charge is 0.326 e. The second-order valence-corrected chi connectivity index (χ2v) is 5.85. The van der Waals surface area contributed by atoms with E-state index >= 15 is 0 Å². The average molecular weight is 344 g/mol. The molecule has 4 nitrogen and oxygen atoms in total. The van der Waals surface area contributed by atoms with Gasteiger partial charge in [-0.15, -0.1) is 0 Å². The highest BCUT2D eigenvalue weighted by Gasteiger charge is 2.19. The lowest BCUT2D eigenvalue weighted by Crippen LogP contribution is -2.41. The lowest BCUT2D eigenvalue weighted by Gasteiger charge is -2.13. The number of carboxylic acids is 1. The Balaban J connectivity index is 2.06. The number of aryl methyl sites for hydroxylation is 1. The monoisotopic (exact) mass is 343 g/mol. The molecule has 0 fully saturated rings. The normalized spacial score (nSPS) is 12.5. The second-order valence-electron chi connectivity index (χ2n) is 5.45. The van der Waals surface area contributed by atoms with Crippen molar-refractivity contribution in [3.8, 4) is 0 Å². The Morgan fingerprint density at radius 3 is 2.33 bits per heavy atom. The van der Waals surface area contributed by atoms with Gasteiger partial charge in [-0.3, -0.25) is 4.79 Å². The molecule has 2 rings (SSSR count). The molecule has 2 aromatic carbocycles. The standard InChI is InChI=1S/C19H18ClNO3/c1-13-7-9-15(10-8-13)16(20)12-18(22)21-17(19(23)24)11-14-5-3-2-4-6-14/h2-10,12,17H,11H2,1H3,(H,21,22)(H,23,24)/b16-12-/t17-/m1/s1. The Labute approximate surface area is 145 Å². The summed E-state index contributed by atoms with van der Waals surface area (Å²) in [5.41, 5.74) is 2.62. The van der Waals surface area contributed by atoms with Crippen molar-refractivity contribution in [2.24, 2.45) is 0 Å². The van der Waals surface area contributed by atoms with E-state index in [0.29, 0.717) is 5.56 Å². The van der Waals surface area contributed by atoms with Crippen LogP contribution in [0.1, 0.15) is 16.7 Å². The summed E-state index contributed by atoms with van der Waals surface area (Å²) in [4.78, 5) is 23.4. The van der Waals surface area contributed by atoms with Crippen LogP contribution in [0.5, 0.6) is 0 Å². The minimum atomic E-state index is -1.09. The molecular formula is C19H18ClNO3. The Bertz CT molecular complexity index is 739. The molecule has 24 heavy (non-hydrogen) atoms. The Hall–Kier alpha value is -2.59. The summed E-state index contributed by atoms with van der Waals surface area (Å²) in [5, 5.41) is 12.0. The zero-order chi connectivity index (χ0) is 17.5. The molecule has 1 amide bonds. The third-order valence-corrected chi connectivity index (χ3v) is 3.81. The number of benzene rings is 2. The fourth-order valence-corrected chi connectivity index (χ4v) is 2.40. The van der Waals surface area contributed by atoms with Crippen LogP contribution < -0.4 is 5.32 Å². The predicted molar refractivity (Wildman–Crippen MR) is 94.7 cm³/mol. The van der Waals surface area contributed by atoms with Gasteiger partial charge in [-0.05, 0) is 18.1 Å². The van der Waals surface area contributed by atoms with Crippen LogP contribution in [0.15, 0.2) is 60.7 Å². The number of carbonyl (C=O) groups is 2. The topological polar surface area (TPSA) is 66.4 Å². The molecule has 0 bridgehead atoms. The molecule has 2 N–H and O–H groups in total. The highest BCUT2D eigenvalue weighted by molar-refractivity contribution is 6.50. The maximum Gasteiger partial charge on any atom is 0.326 e. The molecule has 0 aromatic heterocycles. The fraction of sp³-hybridized carbons (Fsp3) is 0.158. The molecule has 0 aliphatic heterocycles. The van der Waals surface area contributed by atoms with Crippen LogP contribution in [-0.4, -0.2) is 23.0 Å². The van der Waals surface area contributed by atoms with E-state index in [-0.39, 0.29) is 11.5 Å². The van der Waals surface area contributed by atoms with E-state index in [1.807, 2.05) is 49.4 Å². The molecular weight excluding hydrogens is 326 g/mol. The molecule has 124 valence electrons. The number of carboxylic acid groups (broad SMARTS) is 1. The SMILES string of the molecule is Cc1ccc(/C(Cl)=C/C(=O)N[C@H](Cc2ccccc2)C(=O)O)cc1. The minimum absolute atomic E-state index is 0.206. The fourth-order valence-electron chi connectivity index (χ4n) is 2.17. The van der Waals surface area contributed by atoms with Crippen molar-refractivity contribution in [2.75, 3.05) is 0 Å². The van der Waals surface area contributed by atoms with Gasteiger partial charge in [0.2, 0.25) is 5.91 Å². The summed E-state index contributed by atoms with van der Waals surface area (Å²) < 4.78 is 0. The number of amides is 1. The number of carbonyl (C=O) groups excluding carboxylic acids is 1. The molecule has 0 unspecified atom stereocenters. The van der Waals surface area contributed by atoms with Gasteiger partial charge in [0, 0.05) is 12.5 Å². The first-order valence-electron chi connectivity index (χ1n) is 7.47. The minimum Gasteiger partial charge on any atom is -0.480 e. The summed E-state index contributed by atoms with van der Waals surface area (Å²) in [6.07, 6.45) is 1.41. The number of hydrogen-bond acceptors (Lipinski definition) is 2. The van der Waals surface area contributed by atoms with Crippen LogP contribution in [0.2, 0.25) is 0 Å². The number of nitrogens with one attached hydrogen (secondary N) is 1. The van der Waals surface area contributed by atoms with Crippen LogP contribution in [0.25, 0.3) is 5.03 Å². The molecule has 0 saturated carbocycles. The van der Waals surface area contributed by atoms with Gasteiger partial charge in [-0.25, -0.2) is 4.79 Å². The summed E-state index contributed by atoms with van der Waals surface area (Å²) >= 11 is 6.13. The molecule has 0 spiro atoms. The first kappa shape index (κ1) is 17.8. The Morgan fingerprint density at radius 2 is 1.75 bits per heavy atom. The molecule has 5 heteroatoms. The van der Waals surface area contributed by atoms with E-state index in [4.69, 9.17) is 11.6 Å². The maximum absolute atomic E-state index is 12.1. The van der Waals surface area contributed by atoms with Gasteiger partial charge < -0.3 is 10.4 Å². The van der Waals surface area contributed by atoms with E-state index < -0.39 is 17.9 Å². The van der Waals surface area contributed by atoms with E-state index in [1.165, 1.54) is 6.08 Å². The summed E-state index contributed by atoms with van der Waals surface area (Å²) in [6.45, 7) is 1.95. The average Bonchev–Trinajstić information content (AvgIpc) is 2.55. The first-order valence-corrected chi connectivity index (χ1v) is 7.85. The van der Waals surface area contributed by atoms with Crippen molar-refractivity contribution < 1.29 is 14.7 Å². The lowest BCUT2D eigenvalue weighted by atomic mass is 10.1. The van der Waals surface area contributed by atoms with E-state index in [0.717, 1.165) is 11.1 Å². The number of rotatable bonds is 6. The number of aliphatic carboxylic acids is 1. The Kier molecular flexibility index (Phi) is 6.15. The predicted octanol–water partition coefficient (Wildman–Crippen LogP) is 3.39. The van der Waals surface area contributed by atoms with Gasteiger partial charge in [0.1, 0.15) is 6.04 Å². The largest absolute Gasteiger partial charge is 0.480 e. The zero-order valence-electron chi connectivity index (χ0n) is 13.2. The quantitative estimate of drug-likeness (QED) is 0.790. The maximum atomic E-state index is 12.1. The van der Waals surface area contributed by atoms with Crippen molar-refractivity contribution >= 4 is 28.5 Å². The van der Waals surface area contributed by atoms with Gasteiger partial charge in [0.05, 0.1) is 5.03 Å². The van der Waals surface area contributed by atoms with E-state index in [9.17, 15) is 14.7 Å². The van der Waals surface area contributed by atoms with Crippen molar-refractivity contribution in [3.05, 3.63) is 77.4 Å². The molecule has 0 radical (unpaired) electrons. The number of hydrogen-bond donors (Lipinski definition) is 2. The molecule has 0 aliphatic rings. The molecule has 2 aromatic rings.